The van der Waals surface area contributed by atoms with E-state index in [1.807, 2.05) is 47.2 Å². The summed E-state index contributed by atoms with van der Waals surface area (Å²) < 4.78 is 7.62. The number of carbonyl (C=O) groups excluding carboxylic acids is 2. The number of imidazole rings is 1. The highest BCUT2D eigenvalue weighted by molar-refractivity contribution is 7.15. The van der Waals surface area contributed by atoms with Crippen LogP contribution in [0.2, 0.25) is 0 Å². The first kappa shape index (κ1) is 23.4. The molecule has 1 N–H and O–H groups in total. The van der Waals surface area contributed by atoms with Crippen molar-refractivity contribution in [1.29, 1.82) is 0 Å². The van der Waals surface area contributed by atoms with E-state index in [4.69, 9.17) is 4.74 Å². The van der Waals surface area contributed by atoms with E-state index in [1.54, 1.807) is 24.3 Å². The van der Waals surface area contributed by atoms with Crippen molar-refractivity contribution in [2.24, 2.45) is 0 Å². The van der Waals surface area contributed by atoms with Crippen LogP contribution in [0.5, 0.6) is 0 Å². The number of amides is 1. The molecule has 180 valence electrons. The lowest BCUT2D eigenvalue weighted by molar-refractivity contribution is -0.0704. The zero-order valence-electron chi connectivity index (χ0n) is 20.0. The molecule has 4 aromatic rings. The lowest BCUT2D eigenvalue weighted by atomic mass is 10.1. The van der Waals surface area contributed by atoms with Gasteiger partial charge in [-0.3, -0.25) is 18.9 Å². The van der Waals surface area contributed by atoms with Crippen molar-refractivity contribution in [2.45, 2.75) is 39.5 Å². The second-order valence-electron chi connectivity index (χ2n) is 9.11. The number of aromatic nitrogens is 2. The summed E-state index contributed by atoms with van der Waals surface area (Å²) in [6.45, 7) is 8.69. The molecule has 0 spiro atoms. The molecule has 1 saturated heterocycles. The summed E-state index contributed by atoms with van der Waals surface area (Å²) in [7, 11) is 0. The van der Waals surface area contributed by atoms with E-state index >= 15 is 0 Å². The van der Waals surface area contributed by atoms with Crippen molar-refractivity contribution in [2.75, 3.05) is 18.4 Å². The third-order valence-electron chi connectivity index (χ3n) is 6.17. The van der Waals surface area contributed by atoms with Crippen LogP contribution in [-0.4, -0.2) is 51.3 Å². The van der Waals surface area contributed by atoms with Crippen molar-refractivity contribution >= 4 is 33.7 Å². The van der Waals surface area contributed by atoms with Gasteiger partial charge < -0.3 is 10.1 Å². The van der Waals surface area contributed by atoms with Gasteiger partial charge in [0.15, 0.2) is 4.96 Å². The maximum absolute atomic E-state index is 13.1. The molecule has 2 atom stereocenters. The van der Waals surface area contributed by atoms with Crippen LogP contribution in [0.3, 0.4) is 0 Å². The Morgan fingerprint density at radius 2 is 1.69 bits per heavy atom. The van der Waals surface area contributed by atoms with Crippen molar-refractivity contribution in [1.82, 2.24) is 14.3 Å². The number of morpholine rings is 1. The highest BCUT2D eigenvalue weighted by Gasteiger charge is 2.22. The van der Waals surface area contributed by atoms with Gasteiger partial charge in [-0.05, 0) is 62.7 Å². The fraction of sp³-hybridized carbons (Fsp3) is 0.296. The molecule has 0 saturated carbocycles. The SMILES string of the molecule is Cc1nc2sccn2c1C(=O)c1ccc(NC(=O)c2ccc(CN3CC(C)OC(C)C3)cc2)cc1. The number of nitrogens with zero attached hydrogens (tertiary/aromatic N) is 3. The number of thiazole rings is 1. The van der Waals surface area contributed by atoms with Gasteiger partial charge in [0.2, 0.25) is 5.78 Å². The number of nitrogens with one attached hydrogen (secondary N) is 1. The minimum atomic E-state index is -0.184. The van der Waals surface area contributed by atoms with Crippen LogP contribution in [0.15, 0.2) is 60.1 Å². The van der Waals surface area contributed by atoms with Crippen LogP contribution in [-0.2, 0) is 11.3 Å². The Morgan fingerprint density at radius 1 is 1.03 bits per heavy atom. The van der Waals surface area contributed by atoms with Crippen LogP contribution in [0, 0.1) is 6.92 Å². The largest absolute Gasteiger partial charge is 0.373 e. The number of anilines is 1. The molecule has 1 aliphatic rings. The van der Waals surface area contributed by atoms with Crippen LogP contribution < -0.4 is 5.32 Å². The third kappa shape index (κ3) is 5.05. The number of hydrogen-bond donors (Lipinski definition) is 1. The van der Waals surface area contributed by atoms with E-state index in [0.717, 1.165) is 24.6 Å². The zero-order chi connectivity index (χ0) is 24.5. The third-order valence-corrected chi connectivity index (χ3v) is 6.93. The number of fused-ring (bicyclic) bond motifs is 1. The summed E-state index contributed by atoms with van der Waals surface area (Å²) in [6.07, 6.45) is 2.31. The standard InChI is InChI=1S/C27H28N4O3S/c1-17-14-30(15-18(2)34-17)16-20-4-6-22(7-5-20)26(33)29-23-10-8-21(9-11-23)25(32)24-19(3)28-27-31(24)12-13-35-27/h4-13,17-18H,14-16H2,1-3H3,(H,29,33). The lowest BCUT2D eigenvalue weighted by Gasteiger charge is -2.35. The Balaban J connectivity index is 1.22. The molecular weight excluding hydrogens is 460 g/mol. The summed E-state index contributed by atoms with van der Waals surface area (Å²) in [5, 5.41) is 4.83. The number of aryl methyl sites for hydroxylation is 1. The smallest absolute Gasteiger partial charge is 0.255 e. The van der Waals surface area contributed by atoms with Crippen molar-refractivity contribution in [3.05, 3.63) is 88.2 Å². The molecule has 1 fully saturated rings. The van der Waals surface area contributed by atoms with Gasteiger partial charge in [0, 0.05) is 48.0 Å². The lowest BCUT2D eigenvalue weighted by Crippen LogP contribution is -2.44. The Labute approximate surface area is 208 Å². The van der Waals surface area contributed by atoms with E-state index in [1.165, 1.54) is 16.9 Å². The minimum Gasteiger partial charge on any atom is -0.373 e. The highest BCUT2D eigenvalue weighted by atomic mass is 32.1. The first-order valence-electron chi connectivity index (χ1n) is 11.7. The first-order valence-corrected chi connectivity index (χ1v) is 12.6. The molecule has 8 heteroatoms. The van der Waals surface area contributed by atoms with Crippen molar-refractivity contribution in [3.8, 4) is 0 Å². The van der Waals surface area contributed by atoms with Gasteiger partial charge in [-0.2, -0.15) is 0 Å². The normalized spacial score (nSPS) is 18.6. The Morgan fingerprint density at radius 3 is 2.37 bits per heavy atom. The van der Waals surface area contributed by atoms with Gasteiger partial charge in [0.05, 0.1) is 17.9 Å². The molecular formula is C27H28N4O3S. The number of carbonyl (C=O) groups is 2. The molecule has 1 amide bonds. The molecule has 5 rings (SSSR count). The van der Waals surface area contributed by atoms with E-state index in [-0.39, 0.29) is 23.9 Å². The van der Waals surface area contributed by atoms with Crippen LogP contribution in [0.4, 0.5) is 5.69 Å². The van der Waals surface area contributed by atoms with Crippen molar-refractivity contribution < 1.29 is 14.3 Å². The van der Waals surface area contributed by atoms with Gasteiger partial charge >= 0.3 is 0 Å². The van der Waals surface area contributed by atoms with Crippen LogP contribution in [0.1, 0.15) is 51.5 Å². The number of ether oxygens (including phenoxy) is 1. The van der Waals surface area contributed by atoms with E-state index in [9.17, 15) is 9.59 Å². The Kier molecular flexibility index (Phi) is 6.51. The molecule has 7 nitrogen and oxygen atoms in total. The molecule has 0 radical (unpaired) electrons. The summed E-state index contributed by atoms with van der Waals surface area (Å²) >= 11 is 1.50. The fourth-order valence-electron chi connectivity index (χ4n) is 4.65. The van der Waals surface area contributed by atoms with Gasteiger partial charge in [0.25, 0.3) is 5.91 Å². The molecule has 1 aliphatic heterocycles. The number of benzene rings is 2. The minimum absolute atomic E-state index is 0.0917. The topological polar surface area (TPSA) is 75.9 Å². The second kappa shape index (κ2) is 9.73. The molecule has 2 aromatic carbocycles. The molecule has 2 unspecified atom stereocenters. The van der Waals surface area contributed by atoms with E-state index in [0.29, 0.717) is 28.2 Å². The van der Waals surface area contributed by atoms with Gasteiger partial charge in [-0.25, -0.2) is 4.98 Å². The zero-order valence-corrected chi connectivity index (χ0v) is 20.8. The first-order chi connectivity index (χ1) is 16.9. The highest BCUT2D eigenvalue weighted by Crippen LogP contribution is 2.21. The van der Waals surface area contributed by atoms with Gasteiger partial charge in [0.1, 0.15) is 5.69 Å². The number of hydrogen-bond acceptors (Lipinski definition) is 6. The maximum atomic E-state index is 13.1. The summed E-state index contributed by atoms with van der Waals surface area (Å²) in [6, 6.07) is 14.7. The average Bonchev–Trinajstić information content (AvgIpc) is 3.39. The molecule has 35 heavy (non-hydrogen) atoms. The quantitative estimate of drug-likeness (QED) is 0.395. The predicted octanol–water partition coefficient (Wildman–Crippen LogP) is 4.80. The summed E-state index contributed by atoms with van der Waals surface area (Å²) in [5.74, 6) is -0.276. The molecule has 0 bridgehead atoms. The number of ketones is 1. The van der Waals surface area contributed by atoms with E-state index < -0.39 is 0 Å². The Hall–Kier alpha value is -3.33. The fourth-order valence-corrected chi connectivity index (χ4v) is 5.41. The van der Waals surface area contributed by atoms with Crippen LogP contribution >= 0.6 is 11.3 Å². The average molecular weight is 489 g/mol. The van der Waals surface area contributed by atoms with Crippen molar-refractivity contribution in [3.63, 3.8) is 0 Å². The molecule has 2 aromatic heterocycles. The summed E-state index contributed by atoms with van der Waals surface area (Å²) in [4.78, 5) is 33.4. The van der Waals surface area contributed by atoms with E-state index in [2.05, 4.69) is 29.0 Å². The number of rotatable bonds is 6. The summed E-state index contributed by atoms with van der Waals surface area (Å²) in [5.41, 5.74) is 4.22. The second-order valence-corrected chi connectivity index (χ2v) is 9.98. The Bertz CT molecular complexity index is 1350. The maximum Gasteiger partial charge on any atom is 0.255 e. The van der Waals surface area contributed by atoms with Crippen LogP contribution in [0.25, 0.3) is 4.96 Å². The monoisotopic (exact) mass is 488 g/mol. The molecule has 3 heterocycles. The van der Waals surface area contributed by atoms with Gasteiger partial charge in [-0.15, -0.1) is 11.3 Å². The van der Waals surface area contributed by atoms with Gasteiger partial charge in [-0.1, -0.05) is 12.1 Å². The molecule has 0 aliphatic carbocycles. The predicted molar refractivity (Wildman–Crippen MR) is 137 cm³/mol.